The van der Waals surface area contributed by atoms with Gasteiger partial charge in [0.15, 0.2) is 0 Å². The lowest BCUT2D eigenvalue weighted by atomic mass is 11.0. The summed E-state index contributed by atoms with van der Waals surface area (Å²) < 4.78 is 0. The smallest absolute Gasteiger partial charge is 0.0353 e. The van der Waals surface area contributed by atoms with Gasteiger partial charge in [0.05, 0.1) is 0 Å². The van der Waals surface area contributed by atoms with E-state index in [1.807, 2.05) is 0 Å². The van der Waals surface area contributed by atoms with Crippen molar-refractivity contribution in [1.29, 1.82) is 0 Å². The molecule has 0 aromatic carbocycles. The van der Waals surface area contributed by atoms with E-state index in [0.29, 0.717) is 0 Å². The first-order chi connectivity index (χ1) is 1.91. The maximum Gasteiger partial charge on any atom is 0.0353 e. The van der Waals surface area contributed by atoms with Crippen molar-refractivity contribution in [3.8, 4) is 0 Å². The zero-order chi connectivity index (χ0) is 3.41. The van der Waals surface area contributed by atoms with E-state index in [4.69, 9.17) is 11.5 Å². The molecule has 22 valence electrons. The summed E-state index contributed by atoms with van der Waals surface area (Å²) in [5.41, 5.74) is 12.2. The molecule has 0 rings (SSSR count). The molecule has 0 aliphatic heterocycles. The Balaban J connectivity index is 2.55. The normalized spacial score (nSPS) is 9.00. The van der Waals surface area contributed by atoms with Crippen LogP contribution < -0.4 is 11.5 Å². The molecule has 0 bridgehead atoms. The maximum atomic E-state index is 6.08. The van der Waals surface area contributed by atoms with Crippen LogP contribution in [0.5, 0.6) is 0 Å². The Kier molecular flexibility index (Phi) is 1.95. The first-order valence-electron chi connectivity index (χ1n) is 0.911. The number of hydrogen-bond acceptors (Lipinski definition) is 0. The van der Waals surface area contributed by atoms with E-state index in [1.165, 1.54) is 0 Å². The maximum absolute atomic E-state index is 6.08. The van der Waals surface area contributed by atoms with Crippen LogP contribution in [0.25, 0.3) is 0 Å². The number of nitrogens with one attached hydrogen (secondary N) is 2. The lowest BCUT2D eigenvalue weighted by Gasteiger charge is -1.51. The van der Waals surface area contributed by atoms with Crippen molar-refractivity contribution in [2.24, 2.45) is 0 Å². The molecule has 0 amide bonds. The van der Waals surface area contributed by atoms with Crippen LogP contribution in [0.15, 0.2) is 12.4 Å². The van der Waals surface area contributed by atoms with Gasteiger partial charge in [-0.1, -0.05) is 0 Å². The summed E-state index contributed by atoms with van der Waals surface area (Å²) in [6.45, 7) is 0. The summed E-state index contributed by atoms with van der Waals surface area (Å²) in [6.07, 6.45) is 1.83. The highest BCUT2D eigenvalue weighted by atomic mass is 14.6. The highest BCUT2D eigenvalue weighted by Crippen LogP contribution is 1.40. The van der Waals surface area contributed by atoms with Gasteiger partial charge in [0.2, 0.25) is 0 Å². The van der Waals surface area contributed by atoms with Crippen LogP contribution in [0.4, 0.5) is 0 Å². The Labute approximate surface area is 25.1 Å². The van der Waals surface area contributed by atoms with Crippen molar-refractivity contribution in [1.82, 2.24) is 11.5 Å². The van der Waals surface area contributed by atoms with Crippen LogP contribution in [-0.2, 0) is 0 Å². The monoisotopic (exact) mass is 56.0 g/mol. The second-order valence-corrected chi connectivity index (χ2v) is 0.333. The Bertz CT molecular complexity index is 19.2. The third kappa shape index (κ3) is 1.34. The minimum absolute atomic E-state index is 0.917. The van der Waals surface area contributed by atoms with E-state index in [9.17, 15) is 0 Å². The molecule has 4 heavy (non-hydrogen) atoms. The highest BCUT2D eigenvalue weighted by Gasteiger charge is 1.35. The fourth-order valence-electron chi connectivity index (χ4n) is 0. The van der Waals surface area contributed by atoms with Crippen LogP contribution >= 0.6 is 0 Å². The van der Waals surface area contributed by atoms with Crippen molar-refractivity contribution in [2.45, 2.75) is 0 Å². The third-order valence-electron chi connectivity index (χ3n) is 0.0833. The molecule has 2 heteroatoms. The molecule has 2 radical (unpaired) electrons. The van der Waals surface area contributed by atoms with Crippen molar-refractivity contribution in [2.75, 3.05) is 0 Å². The molecule has 0 aliphatic rings. The van der Waals surface area contributed by atoms with Crippen LogP contribution in [0.1, 0.15) is 0 Å². The van der Waals surface area contributed by atoms with Gasteiger partial charge in [-0.3, -0.25) is 0 Å². The molecule has 0 saturated carbocycles. The molecule has 0 saturated heterocycles. The minimum atomic E-state index is 0.917. The predicted molar refractivity (Wildman–Crippen MR) is 15.3 cm³/mol. The van der Waals surface area contributed by atoms with Crippen LogP contribution in [-0.4, -0.2) is 0 Å². The average molecular weight is 56.1 g/mol. The lowest BCUT2D eigenvalue weighted by Crippen LogP contribution is -1.52. The van der Waals surface area contributed by atoms with Crippen molar-refractivity contribution in [3.05, 3.63) is 12.4 Å². The largest absolute Gasteiger partial charge is 0.307 e. The number of hydrogen-bond donors (Lipinski definition) is 0. The van der Waals surface area contributed by atoms with E-state index in [1.54, 1.807) is 0 Å². The lowest BCUT2D eigenvalue weighted by molar-refractivity contribution is 1.42. The van der Waals surface area contributed by atoms with Gasteiger partial charge in [-0.2, -0.15) is 0 Å². The molecule has 2 nitrogen and oxygen atoms in total. The molecular weight excluding hydrogens is 52.0 g/mol. The molecule has 0 aliphatic carbocycles. The van der Waals surface area contributed by atoms with Crippen molar-refractivity contribution >= 4 is 0 Å². The molecule has 0 unspecified atom stereocenters. The summed E-state index contributed by atoms with van der Waals surface area (Å²) in [6, 6.07) is 0. The molecule has 0 aromatic rings. The van der Waals surface area contributed by atoms with Gasteiger partial charge >= 0.3 is 0 Å². The highest BCUT2D eigenvalue weighted by molar-refractivity contribution is 4.62. The van der Waals surface area contributed by atoms with Crippen LogP contribution in [0.3, 0.4) is 0 Å². The van der Waals surface area contributed by atoms with E-state index in [0.717, 1.165) is 12.4 Å². The standard InChI is InChI=1S/C2H4N2/c3-1-2-4/h1-4H/b2-1+. The minimum Gasteiger partial charge on any atom is -0.307 e. The first kappa shape index (κ1) is 3.34. The second-order valence-electron chi connectivity index (χ2n) is 0.333. The van der Waals surface area contributed by atoms with E-state index >= 15 is 0 Å². The Morgan fingerprint density at radius 3 is 1.25 bits per heavy atom. The molecule has 0 atom stereocenters. The Morgan fingerprint density at radius 2 is 1.25 bits per heavy atom. The predicted octanol–water partition coefficient (Wildman–Crippen LogP) is 0.0234. The van der Waals surface area contributed by atoms with Crippen molar-refractivity contribution < 1.29 is 0 Å². The fraction of sp³-hybridized carbons (Fsp3) is 0. The van der Waals surface area contributed by atoms with Gasteiger partial charge in [0, 0.05) is 12.4 Å². The Morgan fingerprint density at radius 1 is 1.00 bits per heavy atom. The summed E-state index contributed by atoms with van der Waals surface area (Å²) in [5, 5.41) is 0. The van der Waals surface area contributed by atoms with Crippen molar-refractivity contribution in [3.63, 3.8) is 0 Å². The molecule has 0 heterocycles. The van der Waals surface area contributed by atoms with Gasteiger partial charge in [-0.25, -0.2) is 0 Å². The molecule has 0 fully saturated rings. The van der Waals surface area contributed by atoms with Gasteiger partial charge in [0.1, 0.15) is 0 Å². The third-order valence-corrected chi connectivity index (χ3v) is 0.0833. The second kappa shape index (κ2) is 2.34. The van der Waals surface area contributed by atoms with Gasteiger partial charge in [-0.05, 0) is 0 Å². The molecular formula is C2H4N2. The average Bonchev–Trinajstić information content (AvgIpc) is 1.37. The zero-order valence-electron chi connectivity index (χ0n) is 2.15. The summed E-state index contributed by atoms with van der Waals surface area (Å²) >= 11 is 0. The van der Waals surface area contributed by atoms with E-state index < -0.39 is 0 Å². The van der Waals surface area contributed by atoms with Crippen LogP contribution in [0, 0.1) is 0 Å². The summed E-state index contributed by atoms with van der Waals surface area (Å²) in [4.78, 5) is 0. The van der Waals surface area contributed by atoms with E-state index in [2.05, 4.69) is 0 Å². The van der Waals surface area contributed by atoms with Gasteiger partial charge < -0.3 is 11.5 Å². The van der Waals surface area contributed by atoms with E-state index in [-0.39, 0.29) is 0 Å². The fourth-order valence-corrected chi connectivity index (χ4v) is 0. The quantitative estimate of drug-likeness (QED) is 0.375. The van der Waals surface area contributed by atoms with Gasteiger partial charge in [-0.15, -0.1) is 0 Å². The summed E-state index contributed by atoms with van der Waals surface area (Å²) in [5.74, 6) is 0. The van der Waals surface area contributed by atoms with Crippen LogP contribution in [0.2, 0.25) is 0 Å². The summed E-state index contributed by atoms with van der Waals surface area (Å²) in [7, 11) is 0. The first-order valence-corrected chi connectivity index (χ1v) is 0.911. The number of rotatable bonds is 0. The molecule has 0 spiro atoms. The topological polar surface area (TPSA) is 47.6 Å². The zero-order valence-corrected chi connectivity index (χ0v) is 2.15. The molecule has 0 aromatic heterocycles. The Hall–Kier alpha value is -0.660. The van der Waals surface area contributed by atoms with Gasteiger partial charge in [0.25, 0.3) is 0 Å². The molecule has 2 N–H and O–H groups in total. The SMILES string of the molecule is [NH]/C=C/[NH].